The molecule has 0 unspecified atom stereocenters. The van der Waals surface area contributed by atoms with E-state index in [0.717, 1.165) is 22.3 Å². The second-order valence-corrected chi connectivity index (χ2v) is 4.03. The highest BCUT2D eigenvalue weighted by molar-refractivity contribution is 5.83. The third-order valence-corrected chi connectivity index (χ3v) is 2.86. The molecular formula is C13H13N5. The van der Waals surface area contributed by atoms with E-state index in [0.29, 0.717) is 5.95 Å². The number of anilines is 1. The fourth-order valence-corrected chi connectivity index (χ4v) is 1.95. The van der Waals surface area contributed by atoms with Gasteiger partial charge in [-0.3, -0.25) is 0 Å². The summed E-state index contributed by atoms with van der Waals surface area (Å²) in [6.45, 7) is 1.98. The van der Waals surface area contributed by atoms with Crippen LogP contribution in [0.2, 0.25) is 0 Å². The third kappa shape index (κ3) is 1.69. The maximum absolute atomic E-state index is 4.43. The van der Waals surface area contributed by atoms with Gasteiger partial charge in [-0.25, -0.2) is 14.6 Å². The van der Waals surface area contributed by atoms with E-state index in [1.807, 2.05) is 43.0 Å². The molecule has 18 heavy (non-hydrogen) atoms. The van der Waals surface area contributed by atoms with Gasteiger partial charge < -0.3 is 5.32 Å². The Bertz CT molecular complexity index is 688. The fraction of sp³-hybridized carbons (Fsp3) is 0.154. The van der Waals surface area contributed by atoms with Crippen molar-refractivity contribution in [1.82, 2.24) is 19.7 Å². The number of rotatable bonds is 2. The number of benzene rings is 1. The predicted octanol–water partition coefficient (Wildman–Crippen LogP) is 2.17. The summed E-state index contributed by atoms with van der Waals surface area (Å²) in [6.07, 6.45) is 3.68. The molecule has 3 aromatic rings. The molecule has 0 bridgehead atoms. The van der Waals surface area contributed by atoms with E-state index in [9.17, 15) is 0 Å². The van der Waals surface area contributed by atoms with E-state index >= 15 is 0 Å². The molecule has 2 heterocycles. The standard InChI is InChI=1S/C13H13N5/c1-9-11-8-10(18-7-3-6-15-18)4-5-12(11)17-13(14-2)16-9/h3-8H,1-2H3,(H,14,16,17). The molecule has 0 amide bonds. The monoisotopic (exact) mass is 239 g/mol. The molecular weight excluding hydrogens is 226 g/mol. The molecule has 5 heteroatoms. The lowest BCUT2D eigenvalue weighted by atomic mass is 10.2. The number of hydrogen-bond acceptors (Lipinski definition) is 4. The minimum absolute atomic E-state index is 0.645. The zero-order valence-electron chi connectivity index (χ0n) is 10.3. The Morgan fingerprint density at radius 1 is 1.22 bits per heavy atom. The van der Waals surface area contributed by atoms with Crippen LogP contribution in [0.3, 0.4) is 0 Å². The zero-order chi connectivity index (χ0) is 12.5. The van der Waals surface area contributed by atoms with Crippen LogP contribution < -0.4 is 5.32 Å². The van der Waals surface area contributed by atoms with Crippen LogP contribution in [-0.2, 0) is 0 Å². The van der Waals surface area contributed by atoms with Gasteiger partial charge in [-0.1, -0.05) is 0 Å². The minimum Gasteiger partial charge on any atom is -0.357 e. The lowest BCUT2D eigenvalue weighted by molar-refractivity contribution is 0.881. The molecule has 0 saturated heterocycles. The molecule has 1 aromatic carbocycles. The quantitative estimate of drug-likeness (QED) is 0.744. The first-order valence-corrected chi connectivity index (χ1v) is 5.74. The SMILES string of the molecule is CNc1nc(C)c2cc(-n3cccn3)ccc2n1. The summed E-state index contributed by atoms with van der Waals surface area (Å²) in [5.74, 6) is 0.645. The molecule has 3 rings (SSSR count). The predicted molar refractivity (Wildman–Crippen MR) is 70.9 cm³/mol. The normalized spacial score (nSPS) is 10.8. The average molecular weight is 239 g/mol. The van der Waals surface area contributed by atoms with Gasteiger partial charge in [-0.05, 0) is 31.2 Å². The molecule has 0 spiro atoms. The Morgan fingerprint density at radius 2 is 2.11 bits per heavy atom. The van der Waals surface area contributed by atoms with Gasteiger partial charge in [0.05, 0.1) is 16.9 Å². The maximum atomic E-state index is 4.43. The van der Waals surface area contributed by atoms with Crippen LogP contribution >= 0.6 is 0 Å². The summed E-state index contributed by atoms with van der Waals surface area (Å²) in [4.78, 5) is 8.82. The zero-order valence-corrected chi connectivity index (χ0v) is 10.3. The Kier molecular flexibility index (Phi) is 2.44. The number of nitrogens with zero attached hydrogens (tertiary/aromatic N) is 4. The number of hydrogen-bond donors (Lipinski definition) is 1. The van der Waals surface area contributed by atoms with Crippen LogP contribution in [0.1, 0.15) is 5.69 Å². The van der Waals surface area contributed by atoms with E-state index in [1.54, 1.807) is 6.20 Å². The van der Waals surface area contributed by atoms with Crippen molar-refractivity contribution in [3.8, 4) is 5.69 Å². The summed E-state index contributed by atoms with van der Waals surface area (Å²) in [6, 6.07) is 7.94. The molecule has 0 aliphatic heterocycles. The van der Waals surface area contributed by atoms with Gasteiger partial charge in [0.15, 0.2) is 0 Å². The van der Waals surface area contributed by atoms with E-state index in [1.165, 1.54) is 0 Å². The van der Waals surface area contributed by atoms with Gasteiger partial charge in [0.1, 0.15) is 0 Å². The fourth-order valence-electron chi connectivity index (χ4n) is 1.95. The van der Waals surface area contributed by atoms with Crippen molar-refractivity contribution in [2.45, 2.75) is 6.92 Å². The number of fused-ring (bicyclic) bond motifs is 1. The van der Waals surface area contributed by atoms with Crippen molar-refractivity contribution in [3.63, 3.8) is 0 Å². The first kappa shape index (κ1) is 10.7. The maximum Gasteiger partial charge on any atom is 0.223 e. The second-order valence-electron chi connectivity index (χ2n) is 4.03. The number of aromatic nitrogens is 4. The Morgan fingerprint density at radius 3 is 2.83 bits per heavy atom. The van der Waals surface area contributed by atoms with E-state index in [2.05, 4.69) is 26.4 Å². The summed E-state index contributed by atoms with van der Waals surface area (Å²) in [5.41, 5.74) is 2.90. The lowest BCUT2D eigenvalue weighted by Gasteiger charge is -2.07. The minimum atomic E-state index is 0.645. The van der Waals surface area contributed by atoms with Crippen molar-refractivity contribution >= 4 is 16.9 Å². The third-order valence-electron chi connectivity index (χ3n) is 2.86. The Hall–Kier alpha value is -2.43. The molecule has 90 valence electrons. The van der Waals surface area contributed by atoms with Crippen LogP contribution in [0.5, 0.6) is 0 Å². The summed E-state index contributed by atoms with van der Waals surface area (Å²) in [7, 11) is 1.82. The van der Waals surface area contributed by atoms with Crippen molar-refractivity contribution in [2.75, 3.05) is 12.4 Å². The smallest absolute Gasteiger partial charge is 0.223 e. The van der Waals surface area contributed by atoms with Crippen molar-refractivity contribution in [2.24, 2.45) is 0 Å². The second kappa shape index (κ2) is 4.10. The van der Waals surface area contributed by atoms with Crippen molar-refractivity contribution in [3.05, 3.63) is 42.4 Å². The molecule has 0 fully saturated rings. The van der Waals surface area contributed by atoms with Crippen LogP contribution in [0.15, 0.2) is 36.7 Å². The molecule has 0 aliphatic rings. The highest BCUT2D eigenvalue weighted by Gasteiger charge is 2.05. The van der Waals surface area contributed by atoms with E-state index in [-0.39, 0.29) is 0 Å². The van der Waals surface area contributed by atoms with Gasteiger partial charge in [-0.15, -0.1) is 0 Å². The molecule has 0 aliphatic carbocycles. The highest BCUT2D eigenvalue weighted by atomic mass is 15.3. The molecule has 2 aromatic heterocycles. The van der Waals surface area contributed by atoms with Gasteiger partial charge in [0, 0.05) is 24.8 Å². The van der Waals surface area contributed by atoms with E-state index in [4.69, 9.17) is 0 Å². The van der Waals surface area contributed by atoms with Gasteiger partial charge in [-0.2, -0.15) is 5.10 Å². The van der Waals surface area contributed by atoms with Crippen molar-refractivity contribution < 1.29 is 0 Å². The summed E-state index contributed by atoms with van der Waals surface area (Å²) < 4.78 is 1.82. The van der Waals surface area contributed by atoms with Gasteiger partial charge in [0.25, 0.3) is 0 Å². The Balaban J connectivity index is 2.21. The van der Waals surface area contributed by atoms with Crippen molar-refractivity contribution in [1.29, 1.82) is 0 Å². The van der Waals surface area contributed by atoms with Crippen LogP contribution in [-0.4, -0.2) is 26.8 Å². The van der Waals surface area contributed by atoms with Crippen LogP contribution in [0, 0.1) is 6.92 Å². The molecule has 0 atom stereocenters. The Labute approximate surface area is 104 Å². The van der Waals surface area contributed by atoms with Crippen LogP contribution in [0.25, 0.3) is 16.6 Å². The van der Waals surface area contributed by atoms with Crippen LogP contribution in [0.4, 0.5) is 5.95 Å². The molecule has 0 radical (unpaired) electrons. The first-order chi connectivity index (χ1) is 8.78. The lowest BCUT2D eigenvalue weighted by Crippen LogP contribution is -2.00. The first-order valence-electron chi connectivity index (χ1n) is 5.74. The van der Waals surface area contributed by atoms with Gasteiger partial charge >= 0.3 is 0 Å². The largest absolute Gasteiger partial charge is 0.357 e. The van der Waals surface area contributed by atoms with E-state index < -0.39 is 0 Å². The number of aryl methyl sites for hydroxylation is 1. The molecule has 1 N–H and O–H groups in total. The topological polar surface area (TPSA) is 55.6 Å². The molecule has 0 saturated carbocycles. The van der Waals surface area contributed by atoms with Gasteiger partial charge in [0.2, 0.25) is 5.95 Å². The summed E-state index contributed by atoms with van der Waals surface area (Å²) >= 11 is 0. The summed E-state index contributed by atoms with van der Waals surface area (Å²) in [5, 5.41) is 8.23. The molecule has 5 nitrogen and oxygen atoms in total. The average Bonchev–Trinajstić information content (AvgIpc) is 2.92. The number of nitrogens with one attached hydrogen (secondary N) is 1. The highest BCUT2D eigenvalue weighted by Crippen LogP contribution is 2.20.